The van der Waals surface area contributed by atoms with Gasteiger partial charge in [0, 0.05) is 37.7 Å². The molecule has 0 N–H and O–H groups in total. The zero-order valence-electron chi connectivity index (χ0n) is 19.9. The summed E-state index contributed by atoms with van der Waals surface area (Å²) < 4.78 is 1.15. The lowest BCUT2D eigenvalue weighted by Crippen LogP contribution is -2.00. The highest BCUT2D eigenvalue weighted by atomic mass is 35.5. The van der Waals surface area contributed by atoms with Gasteiger partial charge in [0.25, 0.3) is 0 Å². The lowest BCUT2D eigenvalue weighted by Gasteiger charge is -2.10. The Labute approximate surface area is 227 Å². The first-order valence-electron chi connectivity index (χ1n) is 12.1. The highest BCUT2D eigenvalue weighted by Gasteiger charge is 2.17. The summed E-state index contributed by atoms with van der Waals surface area (Å²) in [6.45, 7) is 0. The Morgan fingerprint density at radius 3 is 1.74 bits per heavy atom. The number of hydrogen-bond donors (Lipinski definition) is 0. The molecule has 0 fully saturated rings. The van der Waals surface area contributed by atoms with Crippen LogP contribution < -0.4 is 0 Å². The number of nitrogens with zero attached hydrogens (tertiary/aromatic N) is 5. The zero-order valence-corrected chi connectivity index (χ0v) is 21.5. The molecule has 7 aromatic rings. The van der Waals surface area contributed by atoms with Crippen molar-refractivity contribution in [1.82, 2.24) is 24.9 Å². The molecule has 7 heteroatoms. The lowest BCUT2D eigenvalue weighted by molar-refractivity contribution is 1.07. The van der Waals surface area contributed by atoms with Crippen LogP contribution in [0, 0.1) is 0 Å². The Balaban J connectivity index is 1.43. The molecule has 0 aliphatic heterocycles. The summed E-state index contributed by atoms with van der Waals surface area (Å²) in [5, 5.41) is 2.34. The second-order valence-corrected chi connectivity index (χ2v) is 10.1. The zero-order chi connectivity index (χ0) is 25.5. The van der Waals surface area contributed by atoms with E-state index in [-0.39, 0.29) is 5.28 Å². The average Bonchev–Trinajstić information content (AvgIpc) is 3.35. The third-order valence-electron chi connectivity index (χ3n) is 6.31. The van der Waals surface area contributed by atoms with Crippen molar-refractivity contribution in [3.8, 4) is 45.4 Å². The summed E-state index contributed by atoms with van der Waals surface area (Å²) in [5.41, 5.74) is 4.43. The van der Waals surface area contributed by atoms with Gasteiger partial charge in [0.15, 0.2) is 17.5 Å². The second kappa shape index (κ2) is 9.41. The van der Waals surface area contributed by atoms with Crippen LogP contribution in [0.4, 0.5) is 0 Å². The maximum absolute atomic E-state index is 6.39. The molecule has 180 valence electrons. The van der Waals surface area contributed by atoms with Crippen LogP contribution in [0.5, 0.6) is 0 Å². The number of aromatic nitrogens is 5. The molecule has 0 saturated carbocycles. The van der Waals surface area contributed by atoms with Gasteiger partial charge in [-0.05, 0) is 23.7 Å². The topological polar surface area (TPSA) is 64.5 Å². The first kappa shape index (κ1) is 22.7. The van der Waals surface area contributed by atoms with Gasteiger partial charge in [0.1, 0.15) is 4.83 Å². The highest BCUT2D eigenvalue weighted by molar-refractivity contribution is 7.25. The molecule has 0 bridgehead atoms. The minimum absolute atomic E-state index is 0.224. The van der Waals surface area contributed by atoms with E-state index in [0.29, 0.717) is 17.5 Å². The van der Waals surface area contributed by atoms with Crippen molar-refractivity contribution in [3.63, 3.8) is 0 Å². The van der Waals surface area contributed by atoms with E-state index >= 15 is 0 Å². The van der Waals surface area contributed by atoms with Crippen LogP contribution in [0.25, 0.3) is 65.7 Å². The summed E-state index contributed by atoms with van der Waals surface area (Å²) >= 11 is 8.00. The van der Waals surface area contributed by atoms with Crippen molar-refractivity contribution in [2.45, 2.75) is 0 Å². The molecule has 0 unspecified atom stereocenters. The Morgan fingerprint density at radius 1 is 0.500 bits per heavy atom. The molecule has 0 amide bonds. The van der Waals surface area contributed by atoms with Crippen LogP contribution >= 0.6 is 22.9 Å². The van der Waals surface area contributed by atoms with Crippen molar-refractivity contribution in [2.75, 3.05) is 0 Å². The molecule has 3 heterocycles. The number of fused-ring (bicyclic) bond motifs is 3. The number of rotatable bonds is 4. The van der Waals surface area contributed by atoms with Crippen LogP contribution in [0.15, 0.2) is 109 Å². The Bertz CT molecular complexity index is 1880. The van der Waals surface area contributed by atoms with Gasteiger partial charge in [-0.1, -0.05) is 97.1 Å². The summed E-state index contributed by atoms with van der Waals surface area (Å²) in [4.78, 5) is 24.6. The minimum atomic E-state index is 0.224. The van der Waals surface area contributed by atoms with E-state index in [0.717, 1.165) is 48.3 Å². The number of benzene rings is 4. The van der Waals surface area contributed by atoms with E-state index < -0.39 is 0 Å². The molecule has 38 heavy (non-hydrogen) atoms. The van der Waals surface area contributed by atoms with Crippen LogP contribution in [0.2, 0.25) is 5.28 Å². The Morgan fingerprint density at radius 2 is 1.05 bits per heavy atom. The SMILES string of the molecule is Clc1nc(-c2cccc(-c3nc(-c4ccccc4)nc(-c4ccccc4)n3)c2)c2c(n1)sc1ccccc12. The van der Waals surface area contributed by atoms with E-state index in [4.69, 9.17) is 26.6 Å². The smallest absolute Gasteiger partial charge is 0.217 e. The highest BCUT2D eigenvalue weighted by Crippen LogP contribution is 2.39. The molecule has 5 nitrogen and oxygen atoms in total. The predicted molar refractivity (Wildman–Crippen MR) is 155 cm³/mol. The second-order valence-electron chi connectivity index (χ2n) is 8.74. The van der Waals surface area contributed by atoms with E-state index in [1.807, 2.05) is 91.0 Å². The fourth-order valence-corrected chi connectivity index (χ4v) is 5.84. The van der Waals surface area contributed by atoms with E-state index in [1.165, 1.54) is 0 Å². The molecule has 0 saturated heterocycles. The lowest BCUT2D eigenvalue weighted by atomic mass is 10.0. The number of hydrogen-bond acceptors (Lipinski definition) is 6. The summed E-state index contributed by atoms with van der Waals surface area (Å²) in [6, 6.07) is 36.3. The molecule has 4 aromatic carbocycles. The monoisotopic (exact) mass is 527 g/mol. The Kier molecular flexibility index (Phi) is 5.61. The maximum atomic E-state index is 6.39. The molecule has 0 atom stereocenters. The molecule has 0 radical (unpaired) electrons. The molecular weight excluding hydrogens is 510 g/mol. The van der Waals surface area contributed by atoms with Crippen molar-refractivity contribution >= 4 is 43.2 Å². The molecule has 0 aliphatic rings. The fraction of sp³-hybridized carbons (Fsp3) is 0. The number of halogens is 1. The third-order valence-corrected chi connectivity index (χ3v) is 7.54. The van der Waals surface area contributed by atoms with Gasteiger partial charge in [0.2, 0.25) is 5.28 Å². The van der Waals surface area contributed by atoms with Crippen molar-refractivity contribution < 1.29 is 0 Å². The minimum Gasteiger partial charge on any atom is -0.217 e. The summed E-state index contributed by atoms with van der Waals surface area (Å²) in [7, 11) is 0. The van der Waals surface area contributed by atoms with Crippen LogP contribution in [-0.2, 0) is 0 Å². The summed E-state index contributed by atoms with van der Waals surface area (Å²) in [6.07, 6.45) is 0. The van der Waals surface area contributed by atoms with Gasteiger partial charge in [-0.15, -0.1) is 11.3 Å². The largest absolute Gasteiger partial charge is 0.224 e. The quantitative estimate of drug-likeness (QED) is 0.215. The van der Waals surface area contributed by atoms with Gasteiger partial charge >= 0.3 is 0 Å². The molecule has 3 aromatic heterocycles. The molecule has 0 aliphatic carbocycles. The third kappa shape index (κ3) is 4.10. The van der Waals surface area contributed by atoms with Crippen molar-refractivity contribution in [1.29, 1.82) is 0 Å². The van der Waals surface area contributed by atoms with Crippen LogP contribution in [-0.4, -0.2) is 24.9 Å². The summed E-state index contributed by atoms with van der Waals surface area (Å²) in [5.74, 6) is 1.83. The van der Waals surface area contributed by atoms with E-state index in [2.05, 4.69) is 28.2 Å². The first-order chi connectivity index (χ1) is 18.7. The Hall–Kier alpha value is -4.52. The van der Waals surface area contributed by atoms with E-state index in [1.54, 1.807) is 11.3 Å². The van der Waals surface area contributed by atoms with Crippen molar-refractivity contribution in [3.05, 3.63) is 114 Å². The molecule has 7 rings (SSSR count). The van der Waals surface area contributed by atoms with Gasteiger partial charge in [-0.3, -0.25) is 0 Å². The normalized spacial score (nSPS) is 11.3. The van der Waals surface area contributed by atoms with Crippen molar-refractivity contribution in [2.24, 2.45) is 0 Å². The first-order valence-corrected chi connectivity index (χ1v) is 13.2. The fourth-order valence-electron chi connectivity index (χ4n) is 4.55. The predicted octanol–water partition coefficient (Wildman–Crippen LogP) is 8.35. The van der Waals surface area contributed by atoms with Gasteiger partial charge in [-0.2, -0.15) is 0 Å². The molecular formula is C31H18ClN5S. The van der Waals surface area contributed by atoms with Crippen LogP contribution in [0.1, 0.15) is 0 Å². The van der Waals surface area contributed by atoms with E-state index in [9.17, 15) is 0 Å². The number of thiophene rings is 1. The molecule has 0 spiro atoms. The van der Waals surface area contributed by atoms with Gasteiger partial charge in [0.05, 0.1) is 5.69 Å². The van der Waals surface area contributed by atoms with Crippen LogP contribution in [0.3, 0.4) is 0 Å². The average molecular weight is 528 g/mol. The van der Waals surface area contributed by atoms with Gasteiger partial charge in [-0.25, -0.2) is 24.9 Å². The van der Waals surface area contributed by atoms with Gasteiger partial charge < -0.3 is 0 Å². The maximum Gasteiger partial charge on any atom is 0.224 e. The standard InChI is InChI=1S/C31H18ClN5S/c32-31-33-26(25-23-16-7-8-17-24(23)38-30(25)37-31)21-14-9-15-22(18-21)29-35-27(19-10-3-1-4-11-19)34-28(36-29)20-12-5-2-6-13-20/h1-18H.